The molecule has 1 aromatic carbocycles. The summed E-state index contributed by atoms with van der Waals surface area (Å²) in [4.78, 5) is 25.8. The zero-order valence-corrected chi connectivity index (χ0v) is 17.1. The molecule has 4 aromatic rings. The molecule has 170 valence electrons. The molecule has 1 aliphatic heterocycles. The minimum absolute atomic E-state index is 0.231. The maximum absolute atomic E-state index is 12.3. The Bertz CT molecular complexity index is 1360. The van der Waals surface area contributed by atoms with E-state index in [9.17, 15) is 15.0 Å². The zero-order valence-electron chi connectivity index (χ0n) is 20.1. The smallest absolute Gasteiger partial charge is 0.251 e. The minimum Gasteiger partial charge on any atom is -0.461 e. The fraction of sp³-hybridized carbons (Fsp3) is 0.273. The van der Waals surface area contributed by atoms with Gasteiger partial charge in [0.25, 0.3) is 5.91 Å². The monoisotopic (exact) mass is 453 g/mol. The molecule has 0 aliphatic carbocycles. The van der Waals surface area contributed by atoms with Gasteiger partial charge in [-0.25, -0.2) is 15.0 Å². The van der Waals surface area contributed by atoms with Crippen molar-refractivity contribution in [1.82, 2.24) is 24.8 Å². The van der Waals surface area contributed by atoms with Gasteiger partial charge in [-0.2, -0.15) is 0 Å². The van der Waals surface area contributed by atoms with Crippen LogP contribution in [-0.2, 0) is 16.1 Å². The van der Waals surface area contributed by atoms with Gasteiger partial charge >= 0.3 is 0 Å². The number of anilines is 1. The number of imidazole rings is 1. The number of hydrogen-bond acceptors (Lipinski definition) is 9. The lowest BCUT2D eigenvalue weighted by atomic mass is 10.1. The average Bonchev–Trinajstić information content (AvgIpc) is 3.57. The molecule has 0 bridgehead atoms. The Labute approximate surface area is 192 Å². The van der Waals surface area contributed by atoms with Gasteiger partial charge in [-0.1, -0.05) is 30.3 Å². The van der Waals surface area contributed by atoms with Crippen molar-refractivity contribution >= 4 is 22.9 Å². The third kappa shape index (κ3) is 3.82. The first-order valence-corrected chi connectivity index (χ1v) is 10.1. The second-order valence-electron chi connectivity index (χ2n) is 7.45. The van der Waals surface area contributed by atoms with Crippen LogP contribution in [-0.4, -0.2) is 60.9 Å². The molecule has 11 nitrogen and oxygen atoms in total. The number of nitrogens with one attached hydrogen (secondary N) is 2. The van der Waals surface area contributed by atoms with Crippen LogP contribution in [0.5, 0.6) is 0 Å². The Kier molecular flexibility index (Phi) is 4.63. The molecule has 5 rings (SSSR count). The maximum atomic E-state index is 12.3. The van der Waals surface area contributed by atoms with Crippen LogP contribution < -0.4 is 10.6 Å². The summed E-state index contributed by atoms with van der Waals surface area (Å²) in [5, 5.41) is 26.1. The predicted molar refractivity (Wildman–Crippen MR) is 117 cm³/mol. The molecule has 4 atom stereocenters. The van der Waals surface area contributed by atoms with Gasteiger partial charge in [0, 0.05) is 17.6 Å². The molecule has 3 aromatic heterocycles. The van der Waals surface area contributed by atoms with Gasteiger partial charge in [0.05, 0.1) is 12.6 Å². The third-order valence-corrected chi connectivity index (χ3v) is 5.36. The number of likely N-dealkylation sites (N-methyl/N-ethyl adjacent to an activating group) is 1. The zero-order chi connectivity index (χ0) is 25.4. The van der Waals surface area contributed by atoms with E-state index in [-0.39, 0.29) is 11.5 Å². The average molecular weight is 453 g/mol. The van der Waals surface area contributed by atoms with E-state index >= 15 is 0 Å². The highest BCUT2D eigenvalue weighted by Crippen LogP contribution is 2.33. The number of carbonyl (C=O) groups excluding carboxylic acids is 1. The first-order chi connectivity index (χ1) is 17.2. The van der Waals surface area contributed by atoms with Crippen molar-refractivity contribution in [1.29, 1.82) is 0 Å². The first-order valence-electron chi connectivity index (χ1n) is 11.6. The topological polar surface area (TPSA) is 148 Å². The number of rotatable bonds is 6. The Hall–Kier alpha value is -3.80. The number of fused-ring (bicyclic) bond motifs is 1. The van der Waals surface area contributed by atoms with Crippen LogP contribution >= 0.6 is 0 Å². The van der Waals surface area contributed by atoms with E-state index in [0.29, 0.717) is 23.6 Å². The second kappa shape index (κ2) is 8.62. The number of aliphatic hydroxyl groups is 2. The maximum Gasteiger partial charge on any atom is 0.251 e. The molecule has 1 saturated heterocycles. The van der Waals surface area contributed by atoms with Gasteiger partial charge in [-0.3, -0.25) is 9.36 Å². The van der Waals surface area contributed by atoms with Crippen LogP contribution in [0.2, 0.25) is 0 Å². The van der Waals surface area contributed by atoms with Gasteiger partial charge in [0.15, 0.2) is 40.9 Å². The predicted octanol–water partition coefficient (Wildman–Crippen LogP) is 1.06. The summed E-state index contributed by atoms with van der Waals surface area (Å²) in [6.45, 7) is -2.34. The van der Waals surface area contributed by atoms with E-state index < -0.39 is 37.4 Å². The van der Waals surface area contributed by atoms with Crippen molar-refractivity contribution in [2.45, 2.75) is 31.1 Å². The van der Waals surface area contributed by atoms with Crippen molar-refractivity contribution < 1.29 is 28.3 Å². The molecular formula is C22H22N6O5. The van der Waals surface area contributed by atoms with Crippen molar-refractivity contribution in [3.05, 3.63) is 60.6 Å². The summed E-state index contributed by atoms with van der Waals surface area (Å²) in [5.74, 6) is -0.0758. The summed E-state index contributed by atoms with van der Waals surface area (Å²) in [6, 6.07) is 13.0. The summed E-state index contributed by atoms with van der Waals surface area (Å²) < 4.78 is 34.0. The van der Waals surface area contributed by atoms with E-state index in [1.807, 2.05) is 30.3 Å². The number of amides is 1. The highest BCUT2D eigenvalue weighted by Gasteiger charge is 2.47. The van der Waals surface area contributed by atoms with E-state index in [1.165, 1.54) is 17.2 Å². The summed E-state index contributed by atoms with van der Waals surface area (Å²) in [5.41, 5.74) is 1.59. The fourth-order valence-corrected chi connectivity index (χ4v) is 3.70. The third-order valence-electron chi connectivity index (χ3n) is 5.36. The Morgan fingerprint density at radius 3 is 2.79 bits per heavy atom. The molecule has 0 radical (unpaired) electrons. The number of aromatic nitrogens is 4. The summed E-state index contributed by atoms with van der Waals surface area (Å²) >= 11 is 0. The first kappa shape index (κ1) is 17.7. The Morgan fingerprint density at radius 2 is 2.03 bits per heavy atom. The lowest BCUT2D eigenvalue weighted by Crippen LogP contribution is -2.41. The normalized spacial score (nSPS) is 24.2. The van der Waals surface area contributed by atoms with Crippen molar-refractivity contribution in [2.24, 2.45) is 0 Å². The number of aliphatic hydroxyl groups excluding tert-OH is 2. The highest BCUT2D eigenvalue weighted by atomic mass is 16.6. The van der Waals surface area contributed by atoms with Crippen molar-refractivity contribution in [2.75, 3.05) is 12.3 Å². The van der Waals surface area contributed by atoms with E-state index in [4.69, 9.17) is 13.3 Å². The molecule has 0 unspecified atom stereocenters. The number of carbonyl (C=O) groups is 1. The quantitative estimate of drug-likeness (QED) is 0.336. The van der Waals surface area contributed by atoms with Gasteiger partial charge in [-0.05, 0) is 17.7 Å². The van der Waals surface area contributed by atoms with Crippen LogP contribution in [0.3, 0.4) is 0 Å². The van der Waals surface area contributed by atoms with Crippen LogP contribution in [0.1, 0.15) is 15.9 Å². The highest BCUT2D eigenvalue weighted by molar-refractivity contribution is 5.85. The lowest BCUT2D eigenvalue weighted by Gasteiger charge is -2.17. The van der Waals surface area contributed by atoms with E-state index in [0.717, 1.165) is 5.56 Å². The molecule has 1 amide bonds. The molecule has 33 heavy (non-hydrogen) atoms. The number of benzene rings is 1. The van der Waals surface area contributed by atoms with Crippen LogP contribution in [0.4, 0.5) is 5.82 Å². The van der Waals surface area contributed by atoms with E-state index in [1.54, 1.807) is 17.4 Å². The molecule has 0 spiro atoms. The largest absolute Gasteiger partial charge is 0.461 e. The van der Waals surface area contributed by atoms with Crippen molar-refractivity contribution in [3.8, 4) is 11.6 Å². The van der Waals surface area contributed by atoms with E-state index in [2.05, 4.69) is 20.3 Å². The molecule has 1 fully saturated rings. The number of hydrogen-bond donors (Lipinski definition) is 4. The molecule has 0 saturated carbocycles. The number of ether oxygens (including phenoxy) is 1. The number of furan rings is 1. The van der Waals surface area contributed by atoms with Gasteiger partial charge in [0.2, 0.25) is 0 Å². The fourth-order valence-electron chi connectivity index (χ4n) is 3.70. The molecule has 11 heteroatoms. The van der Waals surface area contributed by atoms with Gasteiger partial charge < -0.3 is 30.0 Å². The standard InChI is InChI=1S/C22H22N6O5/c1-23-21(31)17-15(29)16(30)22(33-17)28-11-25-14-19(24-10-12-6-3-2-4-7-12)26-18(27-20(14)28)13-8-5-9-32-13/h2-9,11,15-17,22,29-30H,10H2,1H3,(H,23,31)(H,24,26,27)/t15-,16+,17-,22+/m0/s1/i1D3. The van der Waals surface area contributed by atoms with Crippen LogP contribution in [0.25, 0.3) is 22.7 Å². The number of nitrogens with zero attached hydrogens (tertiary/aromatic N) is 4. The van der Waals surface area contributed by atoms with Crippen molar-refractivity contribution in [3.63, 3.8) is 0 Å². The van der Waals surface area contributed by atoms with Crippen LogP contribution in [0.15, 0.2) is 59.5 Å². The summed E-state index contributed by atoms with van der Waals surface area (Å²) in [7, 11) is 0. The Morgan fingerprint density at radius 1 is 1.18 bits per heavy atom. The molecule has 4 heterocycles. The molecule has 4 N–H and O–H groups in total. The second-order valence-corrected chi connectivity index (χ2v) is 7.45. The minimum atomic E-state index is -2.78. The molecular weight excluding hydrogens is 428 g/mol. The Balaban J connectivity index is 1.51. The summed E-state index contributed by atoms with van der Waals surface area (Å²) in [6.07, 6.45) is -3.34. The SMILES string of the molecule is [2H]C([2H])([2H])NC(=O)[C@H]1O[C@@H](n2cnc3c(NCc4ccccc4)nc(-c4ccco4)nc32)[C@H](O)[C@@H]1O. The van der Waals surface area contributed by atoms with Crippen LogP contribution in [0, 0.1) is 0 Å². The lowest BCUT2D eigenvalue weighted by molar-refractivity contribution is -0.137. The van der Waals surface area contributed by atoms with Gasteiger partial charge in [-0.15, -0.1) is 0 Å². The van der Waals surface area contributed by atoms with Gasteiger partial charge in [0.1, 0.15) is 12.2 Å². The molecule has 1 aliphatic rings.